The van der Waals surface area contributed by atoms with Crippen molar-refractivity contribution < 1.29 is 14.3 Å². The number of morpholine rings is 1. The molecule has 0 bridgehead atoms. The summed E-state index contributed by atoms with van der Waals surface area (Å²) in [5.41, 5.74) is 1.58. The Balaban J connectivity index is 0. The van der Waals surface area contributed by atoms with Crippen LogP contribution in [-0.2, 0) is 9.47 Å². The minimum Gasteiger partial charge on any atom is -0.379 e. The van der Waals surface area contributed by atoms with Crippen molar-refractivity contribution in [3.05, 3.63) is 47.7 Å². The first-order valence-corrected chi connectivity index (χ1v) is 10.4. The fourth-order valence-electron chi connectivity index (χ4n) is 2.35. The molecule has 0 N–H and O–H groups in total. The van der Waals surface area contributed by atoms with Crippen LogP contribution in [0, 0.1) is 12.8 Å². The van der Waals surface area contributed by atoms with Crippen LogP contribution in [-0.4, -0.2) is 68.8 Å². The van der Waals surface area contributed by atoms with E-state index in [-0.39, 0.29) is 5.91 Å². The number of amides is 1. The second kappa shape index (κ2) is 20.6. The van der Waals surface area contributed by atoms with Crippen LogP contribution in [0.1, 0.15) is 45.0 Å². The molecule has 0 spiro atoms. The van der Waals surface area contributed by atoms with E-state index >= 15 is 0 Å². The Labute approximate surface area is 178 Å². The van der Waals surface area contributed by atoms with E-state index in [0.29, 0.717) is 18.8 Å². The third-order valence-corrected chi connectivity index (χ3v) is 4.01. The molecule has 1 aliphatic rings. The van der Waals surface area contributed by atoms with E-state index in [1.165, 1.54) is 0 Å². The van der Waals surface area contributed by atoms with Gasteiger partial charge in [-0.1, -0.05) is 45.9 Å². The molecule has 1 saturated heterocycles. The van der Waals surface area contributed by atoms with Crippen LogP contribution < -0.4 is 0 Å². The first-order valence-electron chi connectivity index (χ1n) is 10.4. The molecule has 0 radical (unpaired) electrons. The van der Waals surface area contributed by atoms with Gasteiger partial charge in [-0.25, -0.2) is 0 Å². The number of hydrogen-bond donors (Lipinski definition) is 0. The highest BCUT2D eigenvalue weighted by molar-refractivity contribution is 5.95. The van der Waals surface area contributed by atoms with Crippen LogP contribution in [0.5, 0.6) is 0 Å². The predicted molar refractivity (Wildman–Crippen MR) is 123 cm³/mol. The summed E-state index contributed by atoms with van der Waals surface area (Å²) < 4.78 is 11.0. The lowest BCUT2D eigenvalue weighted by molar-refractivity contribution is 0.0233. The van der Waals surface area contributed by atoms with Crippen molar-refractivity contribution >= 4 is 5.91 Å². The van der Waals surface area contributed by atoms with Gasteiger partial charge in [-0.15, -0.1) is 12.8 Å². The zero-order valence-electron chi connectivity index (χ0n) is 19.2. The number of benzene rings is 1. The van der Waals surface area contributed by atoms with E-state index in [2.05, 4.69) is 17.7 Å². The van der Waals surface area contributed by atoms with Gasteiger partial charge in [0.25, 0.3) is 5.91 Å². The molecule has 1 heterocycles. The number of hydrogen-bond acceptors (Lipinski definition) is 4. The van der Waals surface area contributed by atoms with Gasteiger partial charge in [0.05, 0.1) is 26.4 Å². The Kier molecular flexibility index (Phi) is 20.7. The fraction of sp³-hybridized carbons (Fsp3) is 0.542. The van der Waals surface area contributed by atoms with Crippen molar-refractivity contribution in [3.63, 3.8) is 0 Å². The maximum absolute atomic E-state index is 12.3. The average molecular weight is 405 g/mol. The molecule has 0 saturated carbocycles. The summed E-state index contributed by atoms with van der Waals surface area (Å²) in [6.07, 6.45) is 9.94. The molecule has 0 aliphatic carbocycles. The summed E-state index contributed by atoms with van der Waals surface area (Å²) >= 11 is 0. The summed E-state index contributed by atoms with van der Waals surface area (Å²) in [7, 11) is 1.79. The molecule has 1 amide bonds. The maximum Gasteiger partial charge on any atom is 0.257 e. The molecule has 2 rings (SSSR count). The van der Waals surface area contributed by atoms with Gasteiger partial charge < -0.3 is 14.4 Å². The molecular formula is C24H40N2O3. The highest BCUT2D eigenvalue weighted by Crippen LogP contribution is 2.08. The molecule has 164 valence electrons. The largest absolute Gasteiger partial charge is 0.379 e. The lowest BCUT2D eigenvalue weighted by atomic mass is 10.2. The molecule has 0 unspecified atom stereocenters. The third kappa shape index (κ3) is 12.8. The number of allylic oxidation sites excluding steroid dienone is 1. The molecule has 0 aromatic heterocycles. The normalized spacial score (nSPS) is 13.4. The van der Waals surface area contributed by atoms with Crippen LogP contribution >= 0.6 is 0 Å². The van der Waals surface area contributed by atoms with Crippen molar-refractivity contribution in [1.82, 2.24) is 9.80 Å². The minimum atomic E-state index is -0.00679. The van der Waals surface area contributed by atoms with E-state index in [4.69, 9.17) is 9.47 Å². The summed E-state index contributed by atoms with van der Waals surface area (Å²) in [6, 6.07) is 9.29. The molecular weight excluding hydrogens is 364 g/mol. The van der Waals surface area contributed by atoms with E-state index in [1.807, 2.05) is 71.0 Å². The van der Waals surface area contributed by atoms with Crippen LogP contribution in [0.25, 0.3) is 0 Å². The third-order valence-electron chi connectivity index (χ3n) is 4.01. The van der Waals surface area contributed by atoms with Crippen LogP contribution in [0.4, 0.5) is 0 Å². The first-order chi connectivity index (χ1) is 14.2. The highest BCUT2D eigenvalue weighted by Gasteiger charge is 2.12. The predicted octanol–water partition coefficient (Wildman–Crippen LogP) is 4.31. The van der Waals surface area contributed by atoms with Crippen molar-refractivity contribution in [1.29, 1.82) is 0 Å². The van der Waals surface area contributed by atoms with Gasteiger partial charge in [0.2, 0.25) is 0 Å². The molecule has 5 nitrogen and oxygen atoms in total. The number of ether oxygens (including phenoxy) is 2. The van der Waals surface area contributed by atoms with Crippen molar-refractivity contribution in [2.24, 2.45) is 0 Å². The lowest BCUT2D eigenvalue weighted by Gasteiger charge is -2.26. The summed E-state index contributed by atoms with van der Waals surface area (Å²) in [5.74, 6) is -0.00679. The molecule has 0 atom stereocenters. The number of carbonyl (C=O) groups is 1. The summed E-state index contributed by atoms with van der Waals surface area (Å²) in [6.45, 7) is 15.6. The molecule has 1 aromatic carbocycles. The van der Waals surface area contributed by atoms with E-state index in [9.17, 15) is 4.79 Å². The Morgan fingerprint density at radius 1 is 1.14 bits per heavy atom. The standard InChI is InChI=1S/C18H26N2O3.2C2H6.C2H2/c1-16(19(2)18(21)17-6-4-3-5-7-17)8-12-22-13-9-20-10-14-23-15-11-20;3*1-2/h3-8H,9-15H2,1-2H3;2*1-2H3;1-2H/b16-8-;;;. The molecule has 1 aliphatic heterocycles. The number of terminal acetylenes is 1. The van der Waals surface area contributed by atoms with Gasteiger partial charge in [-0.2, -0.15) is 0 Å². The fourth-order valence-corrected chi connectivity index (χ4v) is 2.35. The van der Waals surface area contributed by atoms with Gasteiger partial charge in [0.15, 0.2) is 0 Å². The van der Waals surface area contributed by atoms with Gasteiger partial charge >= 0.3 is 0 Å². The summed E-state index contributed by atoms with van der Waals surface area (Å²) in [5, 5.41) is 0. The first kappa shape index (κ1) is 29.1. The minimum absolute atomic E-state index is 0.00679. The zero-order valence-corrected chi connectivity index (χ0v) is 19.2. The number of nitrogens with zero attached hydrogens (tertiary/aromatic N) is 2. The zero-order chi connectivity index (χ0) is 22.5. The quantitative estimate of drug-likeness (QED) is 0.502. The second-order valence-electron chi connectivity index (χ2n) is 5.60. The Hall–Kier alpha value is -2.13. The molecule has 1 fully saturated rings. The highest BCUT2D eigenvalue weighted by atomic mass is 16.5. The van der Waals surface area contributed by atoms with Gasteiger partial charge in [0.1, 0.15) is 0 Å². The van der Waals surface area contributed by atoms with Gasteiger partial charge in [-0.05, 0) is 25.1 Å². The van der Waals surface area contributed by atoms with Gasteiger partial charge in [-0.3, -0.25) is 9.69 Å². The second-order valence-corrected chi connectivity index (χ2v) is 5.60. The molecule has 1 aromatic rings. The summed E-state index contributed by atoms with van der Waals surface area (Å²) in [4.78, 5) is 16.3. The van der Waals surface area contributed by atoms with Crippen LogP contribution in [0.15, 0.2) is 42.1 Å². The Morgan fingerprint density at radius 3 is 2.24 bits per heavy atom. The maximum atomic E-state index is 12.3. The lowest BCUT2D eigenvalue weighted by Crippen LogP contribution is -2.38. The smallest absolute Gasteiger partial charge is 0.257 e. The SMILES string of the molecule is C#C.C/C(=C/COCCN1CCOCC1)N(C)C(=O)c1ccccc1.CC.CC. The average Bonchev–Trinajstić information content (AvgIpc) is 2.83. The number of carbonyl (C=O) groups excluding carboxylic acids is 1. The van der Waals surface area contributed by atoms with Crippen molar-refractivity contribution in [3.8, 4) is 12.8 Å². The Bertz CT molecular complexity index is 550. The van der Waals surface area contributed by atoms with E-state index in [1.54, 1.807) is 11.9 Å². The van der Waals surface area contributed by atoms with Crippen molar-refractivity contribution in [2.75, 3.05) is 53.1 Å². The topological polar surface area (TPSA) is 42.0 Å². The monoisotopic (exact) mass is 404 g/mol. The molecule has 29 heavy (non-hydrogen) atoms. The van der Waals surface area contributed by atoms with Crippen molar-refractivity contribution in [2.45, 2.75) is 34.6 Å². The Morgan fingerprint density at radius 2 is 1.69 bits per heavy atom. The van der Waals surface area contributed by atoms with Crippen LogP contribution in [0.2, 0.25) is 0 Å². The number of rotatable bonds is 7. The van der Waals surface area contributed by atoms with Crippen LogP contribution in [0.3, 0.4) is 0 Å². The van der Waals surface area contributed by atoms with Gasteiger partial charge in [0, 0.05) is 37.9 Å². The van der Waals surface area contributed by atoms with E-state index < -0.39 is 0 Å². The van der Waals surface area contributed by atoms with E-state index in [0.717, 1.165) is 38.5 Å². The molecule has 5 heteroatoms.